The number of thiophene rings is 1. The smallest absolute Gasteiger partial charge is 0.341 e. The Hall–Kier alpha value is -1.74. The predicted octanol–water partition coefficient (Wildman–Crippen LogP) is 5.38. The highest BCUT2D eigenvalue weighted by Gasteiger charge is 2.27. The number of benzene rings is 1. The summed E-state index contributed by atoms with van der Waals surface area (Å²) in [6.45, 7) is 1.54. The van der Waals surface area contributed by atoms with Crippen LogP contribution >= 0.6 is 46.3 Å². The van der Waals surface area contributed by atoms with E-state index < -0.39 is 24.5 Å². The molecule has 1 amide bonds. The second-order valence-corrected chi connectivity index (χ2v) is 9.67. The highest BCUT2D eigenvalue weighted by molar-refractivity contribution is 8.00. The van der Waals surface area contributed by atoms with Crippen LogP contribution in [-0.2, 0) is 31.9 Å². The standard InChI is InChI=1S/C21H21Cl2NO5S2/c1-2-28-21(27)19-13-5-3-4-6-15(13)31-20(19)24-17(25)10-29-18(26)11-30-16-9-12(22)7-8-14(16)23/h7-9H,2-6,10-11H2,1H3,(H,24,25). The van der Waals surface area contributed by atoms with Crippen molar-refractivity contribution in [2.45, 2.75) is 37.5 Å². The summed E-state index contributed by atoms with van der Waals surface area (Å²) in [6.07, 6.45) is 3.71. The number of rotatable bonds is 8. The van der Waals surface area contributed by atoms with Gasteiger partial charge in [-0.3, -0.25) is 9.59 Å². The number of esters is 2. The number of ether oxygens (including phenoxy) is 2. The summed E-state index contributed by atoms with van der Waals surface area (Å²) in [5.41, 5.74) is 1.38. The Labute approximate surface area is 198 Å². The lowest BCUT2D eigenvalue weighted by atomic mass is 9.95. The van der Waals surface area contributed by atoms with Gasteiger partial charge in [-0.15, -0.1) is 23.1 Å². The van der Waals surface area contributed by atoms with Crippen molar-refractivity contribution in [1.82, 2.24) is 0 Å². The second-order valence-electron chi connectivity index (χ2n) is 6.71. The van der Waals surface area contributed by atoms with Crippen LogP contribution in [0.1, 0.15) is 40.6 Å². The number of aryl methyl sites for hydroxylation is 1. The fourth-order valence-corrected chi connectivity index (χ4v) is 5.73. The summed E-state index contributed by atoms with van der Waals surface area (Å²) < 4.78 is 10.2. The zero-order chi connectivity index (χ0) is 22.4. The van der Waals surface area contributed by atoms with Gasteiger partial charge in [0.15, 0.2) is 6.61 Å². The molecule has 1 N–H and O–H groups in total. The molecular formula is C21H21Cl2NO5S2. The van der Waals surface area contributed by atoms with Crippen LogP contribution in [0.3, 0.4) is 0 Å². The molecule has 166 valence electrons. The molecule has 0 saturated heterocycles. The van der Waals surface area contributed by atoms with E-state index in [4.69, 9.17) is 32.7 Å². The van der Waals surface area contributed by atoms with Crippen molar-refractivity contribution in [3.8, 4) is 0 Å². The molecule has 10 heteroatoms. The molecule has 0 radical (unpaired) electrons. The normalized spacial score (nSPS) is 12.7. The number of fused-ring (bicyclic) bond motifs is 1. The van der Waals surface area contributed by atoms with Crippen LogP contribution < -0.4 is 5.32 Å². The van der Waals surface area contributed by atoms with Crippen LogP contribution in [0.2, 0.25) is 10.0 Å². The van der Waals surface area contributed by atoms with Gasteiger partial charge in [0.05, 0.1) is 22.9 Å². The first-order valence-corrected chi connectivity index (χ1v) is 12.3. The summed E-state index contributed by atoms with van der Waals surface area (Å²) in [5, 5.41) is 4.15. The van der Waals surface area contributed by atoms with Crippen LogP contribution in [0.5, 0.6) is 0 Å². The highest BCUT2D eigenvalue weighted by Crippen LogP contribution is 2.38. The maximum Gasteiger partial charge on any atom is 0.341 e. The number of carbonyl (C=O) groups is 3. The number of thioether (sulfide) groups is 1. The molecule has 0 saturated carbocycles. The van der Waals surface area contributed by atoms with Gasteiger partial charge in [-0.1, -0.05) is 23.2 Å². The maximum absolute atomic E-state index is 12.4. The molecule has 3 rings (SSSR count). The molecule has 0 spiro atoms. The summed E-state index contributed by atoms with van der Waals surface area (Å²) in [5.74, 6) is -1.53. The quantitative estimate of drug-likeness (QED) is 0.385. The van der Waals surface area contributed by atoms with Crippen molar-refractivity contribution in [2.24, 2.45) is 0 Å². The lowest BCUT2D eigenvalue weighted by Crippen LogP contribution is -2.22. The monoisotopic (exact) mass is 501 g/mol. The molecule has 0 aliphatic heterocycles. The number of nitrogens with one attached hydrogen (secondary N) is 1. The lowest BCUT2D eigenvalue weighted by Gasteiger charge is -2.12. The maximum atomic E-state index is 12.4. The average molecular weight is 502 g/mol. The van der Waals surface area contributed by atoms with Gasteiger partial charge in [0, 0.05) is 14.8 Å². The summed E-state index contributed by atoms with van der Waals surface area (Å²) in [6, 6.07) is 4.96. The van der Waals surface area contributed by atoms with E-state index in [2.05, 4.69) is 5.32 Å². The summed E-state index contributed by atoms with van der Waals surface area (Å²) in [7, 11) is 0. The minimum atomic E-state index is -0.563. The Morgan fingerprint density at radius 3 is 2.71 bits per heavy atom. The van der Waals surface area contributed by atoms with E-state index in [9.17, 15) is 14.4 Å². The number of hydrogen-bond donors (Lipinski definition) is 1. The number of hydrogen-bond acceptors (Lipinski definition) is 7. The van der Waals surface area contributed by atoms with Gasteiger partial charge >= 0.3 is 11.9 Å². The number of halogens is 2. The van der Waals surface area contributed by atoms with E-state index in [0.717, 1.165) is 36.1 Å². The largest absolute Gasteiger partial charge is 0.462 e. The Morgan fingerprint density at radius 2 is 1.94 bits per heavy atom. The zero-order valence-corrected chi connectivity index (χ0v) is 19.9. The van der Waals surface area contributed by atoms with E-state index in [1.807, 2.05) is 0 Å². The molecule has 1 aromatic heterocycles. The van der Waals surface area contributed by atoms with Gasteiger partial charge in [0.1, 0.15) is 5.00 Å². The number of anilines is 1. The Bertz CT molecular complexity index is 992. The summed E-state index contributed by atoms with van der Waals surface area (Å²) in [4.78, 5) is 38.6. The molecule has 2 aromatic rings. The molecule has 1 heterocycles. The Kier molecular flexibility index (Phi) is 8.66. The van der Waals surface area contributed by atoms with E-state index in [1.165, 1.54) is 23.1 Å². The Morgan fingerprint density at radius 1 is 1.16 bits per heavy atom. The van der Waals surface area contributed by atoms with Gasteiger partial charge in [-0.2, -0.15) is 0 Å². The molecule has 6 nitrogen and oxygen atoms in total. The number of carbonyl (C=O) groups excluding carboxylic acids is 3. The van der Waals surface area contributed by atoms with E-state index in [1.54, 1.807) is 25.1 Å². The fraction of sp³-hybridized carbons (Fsp3) is 0.381. The molecule has 1 aliphatic rings. The molecule has 31 heavy (non-hydrogen) atoms. The van der Waals surface area contributed by atoms with E-state index in [0.29, 0.717) is 25.5 Å². The molecular weight excluding hydrogens is 481 g/mol. The van der Waals surface area contributed by atoms with Crippen LogP contribution in [0.25, 0.3) is 0 Å². The minimum absolute atomic E-state index is 0.0191. The van der Waals surface area contributed by atoms with Crippen LogP contribution in [0, 0.1) is 0 Å². The first kappa shape index (κ1) is 23.9. The van der Waals surface area contributed by atoms with Gasteiger partial charge in [0.25, 0.3) is 5.91 Å². The summed E-state index contributed by atoms with van der Waals surface area (Å²) >= 11 is 14.6. The first-order chi connectivity index (χ1) is 14.9. The van der Waals surface area contributed by atoms with Gasteiger partial charge in [-0.05, 0) is 56.4 Å². The van der Waals surface area contributed by atoms with Crippen LogP contribution in [0.4, 0.5) is 5.00 Å². The number of amides is 1. The van der Waals surface area contributed by atoms with Gasteiger partial charge < -0.3 is 14.8 Å². The van der Waals surface area contributed by atoms with E-state index in [-0.39, 0.29) is 12.4 Å². The minimum Gasteiger partial charge on any atom is -0.462 e. The van der Waals surface area contributed by atoms with Crippen molar-refractivity contribution >= 4 is 69.1 Å². The SMILES string of the molecule is CCOC(=O)c1c(NC(=O)COC(=O)CSc2cc(Cl)ccc2Cl)sc2c1CCCC2. The van der Waals surface area contributed by atoms with Crippen molar-refractivity contribution in [3.63, 3.8) is 0 Å². The van der Waals surface area contributed by atoms with Crippen molar-refractivity contribution < 1.29 is 23.9 Å². The first-order valence-electron chi connectivity index (χ1n) is 9.74. The topological polar surface area (TPSA) is 81.7 Å². The highest BCUT2D eigenvalue weighted by atomic mass is 35.5. The Balaban J connectivity index is 1.57. The molecule has 0 unspecified atom stereocenters. The lowest BCUT2D eigenvalue weighted by molar-refractivity contribution is -0.144. The van der Waals surface area contributed by atoms with Crippen LogP contribution in [-0.4, -0.2) is 36.8 Å². The molecule has 0 bridgehead atoms. The fourth-order valence-electron chi connectivity index (χ4n) is 3.15. The third-order valence-corrected chi connectivity index (χ3v) is 7.42. The molecule has 1 aromatic carbocycles. The molecule has 0 atom stereocenters. The van der Waals surface area contributed by atoms with Gasteiger partial charge in [0.2, 0.25) is 0 Å². The zero-order valence-electron chi connectivity index (χ0n) is 16.8. The molecule has 0 fully saturated rings. The van der Waals surface area contributed by atoms with Crippen molar-refractivity contribution in [2.75, 3.05) is 24.3 Å². The molecule has 1 aliphatic carbocycles. The van der Waals surface area contributed by atoms with E-state index >= 15 is 0 Å². The second kappa shape index (κ2) is 11.2. The third kappa shape index (κ3) is 6.38. The van der Waals surface area contributed by atoms with Crippen LogP contribution in [0.15, 0.2) is 23.1 Å². The van der Waals surface area contributed by atoms with Crippen molar-refractivity contribution in [3.05, 3.63) is 44.2 Å². The van der Waals surface area contributed by atoms with Crippen molar-refractivity contribution in [1.29, 1.82) is 0 Å². The predicted molar refractivity (Wildman–Crippen MR) is 124 cm³/mol. The third-order valence-electron chi connectivity index (χ3n) is 4.51. The van der Waals surface area contributed by atoms with Gasteiger partial charge in [-0.25, -0.2) is 4.79 Å². The average Bonchev–Trinajstić information content (AvgIpc) is 3.10.